The number of carbonyl (C=O) groups is 1. The zero-order valence-electron chi connectivity index (χ0n) is 11.1. The summed E-state index contributed by atoms with van der Waals surface area (Å²) in [6.45, 7) is 3.28. The number of carbonyl (C=O) groups excluding carboxylic acids is 1. The molecule has 3 rings (SSSR count). The van der Waals surface area contributed by atoms with Crippen LogP contribution in [0.3, 0.4) is 0 Å². The van der Waals surface area contributed by atoms with Gasteiger partial charge in [0.25, 0.3) is 5.91 Å². The van der Waals surface area contributed by atoms with Gasteiger partial charge >= 0.3 is 0 Å². The molecule has 0 fully saturated rings. The first-order chi connectivity index (χ1) is 9.74. The molecular weight excluding hydrogens is 258 g/mol. The van der Waals surface area contributed by atoms with Gasteiger partial charge in [-0.25, -0.2) is 0 Å². The molecule has 1 aromatic carbocycles. The Morgan fingerprint density at radius 2 is 2.00 bits per heavy atom. The van der Waals surface area contributed by atoms with Crippen LogP contribution in [0.15, 0.2) is 34.9 Å². The third kappa shape index (κ3) is 2.47. The fraction of sp³-hybridized carbons (Fsp3) is 0.267. The molecule has 0 saturated carbocycles. The van der Waals surface area contributed by atoms with Crippen LogP contribution in [0.5, 0.6) is 11.5 Å². The van der Waals surface area contributed by atoms with E-state index in [0.717, 1.165) is 5.56 Å². The van der Waals surface area contributed by atoms with Crippen molar-refractivity contribution in [3.8, 4) is 11.5 Å². The second kappa shape index (κ2) is 5.28. The van der Waals surface area contributed by atoms with Gasteiger partial charge in [-0.15, -0.1) is 0 Å². The minimum atomic E-state index is -0.157. The Morgan fingerprint density at radius 3 is 2.70 bits per heavy atom. The maximum Gasteiger partial charge on any atom is 0.252 e. The van der Waals surface area contributed by atoms with Gasteiger partial charge in [-0.1, -0.05) is 0 Å². The quantitative estimate of drug-likeness (QED) is 0.932. The lowest BCUT2D eigenvalue weighted by molar-refractivity contribution is 0.0946. The lowest BCUT2D eigenvalue weighted by Crippen LogP contribution is -2.24. The normalized spacial score (nSPS) is 13.1. The molecule has 2 aromatic rings. The van der Waals surface area contributed by atoms with Crippen LogP contribution >= 0.6 is 0 Å². The third-order valence-corrected chi connectivity index (χ3v) is 3.14. The Hall–Kier alpha value is -2.43. The summed E-state index contributed by atoms with van der Waals surface area (Å²) < 4.78 is 16.2. The highest BCUT2D eigenvalue weighted by atomic mass is 16.6. The molecule has 20 heavy (non-hydrogen) atoms. The summed E-state index contributed by atoms with van der Waals surface area (Å²) in [4.78, 5) is 12.2. The lowest BCUT2D eigenvalue weighted by atomic mass is 10.1. The number of ether oxygens (including phenoxy) is 2. The SMILES string of the molecule is Cc1cc2c(cc1C(=O)NCc1ccco1)OCCO2. The standard InChI is InChI=1S/C15H15NO4/c1-10-7-13-14(20-6-5-19-13)8-12(10)15(17)16-9-11-3-2-4-18-11/h2-4,7-8H,5-6,9H2,1H3,(H,16,17). The highest BCUT2D eigenvalue weighted by molar-refractivity contribution is 5.96. The van der Waals surface area contributed by atoms with Crippen molar-refractivity contribution in [1.29, 1.82) is 0 Å². The fourth-order valence-electron chi connectivity index (χ4n) is 2.11. The highest BCUT2D eigenvalue weighted by Crippen LogP contribution is 2.32. The second-order valence-corrected chi connectivity index (χ2v) is 4.57. The molecule has 1 aromatic heterocycles. The van der Waals surface area contributed by atoms with E-state index in [9.17, 15) is 4.79 Å². The molecule has 1 aliphatic heterocycles. The van der Waals surface area contributed by atoms with Gasteiger partial charge in [0.05, 0.1) is 12.8 Å². The molecule has 104 valence electrons. The Balaban J connectivity index is 1.77. The number of hydrogen-bond donors (Lipinski definition) is 1. The zero-order valence-corrected chi connectivity index (χ0v) is 11.1. The van der Waals surface area contributed by atoms with E-state index >= 15 is 0 Å². The Kier molecular flexibility index (Phi) is 3.33. The van der Waals surface area contributed by atoms with Gasteiger partial charge in [0.1, 0.15) is 19.0 Å². The van der Waals surface area contributed by atoms with E-state index < -0.39 is 0 Å². The monoisotopic (exact) mass is 273 g/mol. The van der Waals surface area contributed by atoms with Crippen LogP contribution < -0.4 is 14.8 Å². The largest absolute Gasteiger partial charge is 0.486 e. The summed E-state index contributed by atoms with van der Waals surface area (Å²) in [6, 6.07) is 7.16. The van der Waals surface area contributed by atoms with E-state index in [0.29, 0.717) is 42.6 Å². The molecule has 0 saturated heterocycles. The first kappa shape index (κ1) is 12.6. The number of hydrogen-bond acceptors (Lipinski definition) is 4. The number of benzene rings is 1. The summed E-state index contributed by atoms with van der Waals surface area (Å²) in [5, 5.41) is 2.82. The van der Waals surface area contributed by atoms with Crippen LogP contribution in [0.25, 0.3) is 0 Å². The first-order valence-electron chi connectivity index (χ1n) is 6.45. The van der Waals surface area contributed by atoms with Crippen LogP contribution in [0, 0.1) is 6.92 Å². The number of amides is 1. The zero-order chi connectivity index (χ0) is 13.9. The second-order valence-electron chi connectivity index (χ2n) is 4.57. The third-order valence-electron chi connectivity index (χ3n) is 3.14. The van der Waals surface area contributed by atoms with Crippen LogP contribution in [0.1, 0.15) is 21.7 Å². The summed E-state index contributed by atoms with van der Waals surface area (Å²) in [7, 11) is 0. The van der Waals surface area contributed by atoms with E-state index in [4.69, 9.17) is 13.9 Å². The van der Waals surface area contributed by atoms with Gasteiger partial charge in [0.15, 0.2) is 11.5 Å². The molecule has 5 nitrogen and oxygen atoms in total. The van der Waals surface area contributed by atoms with Crippen LogP contribution in [-0.4, -0.2) is 19.1 Å². The highest BCUT2D eigenvalue weighted by Gasteiger charge is 2.17. The molecule has 5 heteroatoms. The Morgan fingerprint density at radius 1 is 1.25 bits per heavy atom. The van der Waals surface area contributed by atoms with Crippen molar-refractivity contribution in [2.45, 2.75) is 13.5 Å². The van der Waals surface area contributed by atoms with Gasteiger partial charge in [0, 0.05) is 5.56 Å². The average Bonchev–Trinajstić information content (AvgIpc) is 2.97. The van der Waals surface area contributed by atoms with Crippen LogP contribution in [0.2, 0.25) is 0 Å². The number of nitrogens with one attached hydrogen (secondary N) is 1. The molecule has 1 N–H and O–H groups in total. The fourth-order valence-corrected chi connectivity index (χ4v) is 2.11. The van der Waals surface area contributed by atoms with E-state index in [1.807, 2.05) is 19.1 Å². The molecule has 1 amide bonds. The van der Waals surface area contributed by atoms with Gasteiger partial charge in [-0.2, -0.15) is 0 Å². The summed E-state index contributed by atoms with van der Waals surface area (Å²) in [6.07, 6.45) is 1.58. The molecule has 0 aliphatic carbocycles. The number of aryl methyl sites for hydroxylation is 1. The molecule has 0 unspecified atom stereocenters. The molecule has 0 bridgehead atoms. The lowest BCUT2D eigenvalue weighted by Gasteiger charge is -2.20. The van der Waals surface area contributed by atoms with Crippen molar-refractivity contribution in [2.24, 2.45) is 0 Å². The topological polar surface area (TPSA) is 60.7 Å². The van der Waals surface area contributed by atoms with E-state index in [1.165, 1.54) is 0 Å². The molecule has 0 radical (unpaired) electrons. The van der Waals surface area contributed by atoms with Gasteiger partial charge in [-0.3, -0.25) is 4.79 Å². The number of fused-ring (bicyclic) bond motifs is 1. The smallest absolute Gasteiger partial charge is 0.252 e. The van der Waals surface area contributed by atoms with Crippen molar-refractivity contribution in [3.05, 3.63) is 47.4 Å². The van der Waals surface area contributed by atoms with Gasteiger partial charge in [-0.05, 0) is 36.8 Å². The maximum absolute atomic E-state index is 12.2. The van der Waals surface area contributed by atoms with Crippen molar-refractivity contribution in [1.82, 2.24) is 5.32 Å². The summed E-state index contributed by atoms with van der Waals surface area (Å²) in [5.41, 5.74) is 1.44. The Bertz CT molecular complexity index is 619. The average molecular weight is 273 g/mol. The molecule has 0 atom stereocenters. The molecule has 0 spiro atoms. The van der Waals surface area contributed by atoms with Gasteiger partial charge in [0.2, 0.25) is 0 Å². The Labute approximate surface area is 116 Å². The first-order valence-corrected chi connectivity index (χ1v) is 6.45. The van der Waals surface area contributed by atoms with Crippen LogP contribution in [-0.2, 0) is 6.54 Å². The van der Waals surface area contributed by atoms with E-state index in [-0.39, 0.29) is 5.91 Å². The van der Waals surface area contributed by atoms with Crippen molar-refractivity contribution in [2.75, 3.05) is 13.2 Å². The summed E-state index contributed by atoms with van der Waals surface area (Å²) >= 11 is 0. The van der Waals surface area contributed by atoms with Crippen LogP contribution in [0.4, 0.5) is 0 Å². The predicted octanol–water partition coefficient (Wildman–Crippen LogP) is 2.29. The summed E-state index contributed by atoms with van der Waals surface area (Å²) in [5.74, 6) is 1.87. The minimum absolute atomic E-state index is 0.157. The minimum Gasteiger partial charge on any atom is -0.486 e. The van der Waals surface area contributed by atoms with E-state index in [1.54, 1.807) is 18.4 Å². The molecular formula is C15H15NO4. The van der Waals surface area contributed by atoms with E-state index in [2.05, 4.69) is 5.32 Å². The maximum atomic E-state index is 12.2. The molecule has 2 heterocycles. The predicted molar refractivity (Wildman–Crippen MR) is 72.0 cm³/mol. The number of furan rings is 1. The van der Waals surface area contributed by atoms with Crippen molar-refractivity contribution in [3.63, 3.8) is 0 Å². The van der Waals surface area contributed by atoms with Gasteiger partial charge < -0.3 is 19.2 Å². The number of rotatable bonds is 3. The van der Waals surface area contributed by atoms with Crippen molar-refractivity contribution >= 4 is 5.91 Å². The molecule has 1 aliphatic rings. The van der Waals surface area contributed by atoms with Crippen molar-refractivity contribution < 1.29 is 18.7 Å².